The van der Waals surface area contributed by atoms with Crippen molar-refractivity contribution in [2.75, 3.05) is 6.54 Å². The fourth-order valence-corrected chi connectivity index (χ4v) is 2.75. The van der Waals surface area contributed by atoms with E-state index in [2.05, 4.69) is 34.8 Å². The molecule has 0 spiro atoms. The van der Waals surface area contributed by atoms with E-state index in [0.29, 0.717) is 5.71 Å². The highest BCUT2D eigenvalue weighted by atomic mass is 16.3. The Morgan fingerprint density at radius 2 is 2.05 bits per heavy atom. The van der Waals surface area contributed by atoms with Gasteiger partial charge in [-0.2, -0.15) is 0 Å². The number of pyridine rings is 1. The summed E-state index contributed by atoms with van der Waals surface area (Å²) in [5.74, 6) is 0. The second-order valence-electron chi connectivity index (χ2n) is 5.43. The smallest absolute Gasteiger partial charge is 0.431 e. The first-order chi connectivity index (χ1) is 10.9. The SMILES string of the molecule is CCCC[N+]1=C=[N+](c2cccc3c2oc2ncccc23)C=C1. The van der Waals surface area contributed by atoms with E-state index in [9.17, 15) is 0 Å². The zero-order valence-electron chi connectivity index (χ0n) is 12.5. The van der Waals surface area contributed by atoms with Gasteiger partial charge in [-0.05, 0) is 18.2 Å². The molecule has 0 saturated heterocycles. The number of para-hydroxylation sites is 1. The number of benzene rings is 1. The summed E-state index contributed by atoms with van der Waals surface area (Å²) in [4.78, 5) is 4.31. The summed E-state index contributed by atoms with van der Waals surface area (Å²) in [5, 5.41) is 2.13. The minimum absolute atomic E-state index is 0.677. The maximum absolute atomic E-state index is 5.97. The Morgan fingerprint density at radius 1 is 1.14 bits per heavy atom. The number of rotatable bonds is 4. The zero-order valence-corrected chi connectivity index (χ0v) is 12.5. The molecule has 1 aliphatic rings. The van der Waals surface area contributed by atoms with Crippen LogP contribution < -0.4 is 0 Å². The third-order valence-corrected chi connectivity index (χ3v) is 3.90. The topological polar surface area (TPSA) is 32.0 Å². The molecule has 4 rings (SSSR count). The Bertz CT molecular complexity index is 959. The molecule has 0 bridgehead atoms. The van der Waals surface area contributed by atoms with Crippen LogP contribution in [0.15, 0.2) is 53.3 Å². The summed E-state index contributed by atoms with van der Waals surface area (Å²) >= 11 is 0. The molecule has 0 atom stereocenters. The summed E-state index contributed by atoms with van der Waals surface area (Å²) in [6.45, 7) is 3.18. The largest absolute Gasteiger partial charge is 0.495 e. The lowest BCUT2D eigenvalue weighted by Crippen LogP contribution is -2.03. The number of hydrogen-bond donors (Lipinski definition) is 0. The predicted octanol–water partition coefficient (Wildman–Crippen LogP) is 4.10. The third kappa shape index (κ3) is 2.05. The van der Waals surface area contributed by atoms with Crippen LogP contribution >= 0.6 is 0 Å². The quantitative estimate of drug-likeness (QED) is 0.678. The molecule has 0 fully saturated rings. The van der Waals surface area contributed by atoms with Gasteiger partial charge in [0.1, 0.15) is 0 Å². The summed E-state index contributed by atoms with van der Waals surface area (Å²) < 4.78 is 10.0. The number of furan rings is 1. The first kappa shape index (κ1) is 13.0. The minimum atomic E-state index is 0.677. The van der Waals surface area contributed by atoms with Gasteiger partial charge in [-0.15, -0.1) is 0 Å². The van der Waals surface area contributed by atoms with Gasteiger partial charge in [-0.25, -0.2) is 4.98 Å². The Morgan fingerprint density at radius 3 is 2.95 bits per heavy atom. The molecule has 0 N–H and O–H groups in total. The van der Waals surface area contributed by atoms with Crippen LogP contribution in [-0.4, -0.2) is 26.7 Å². The van der Waals surface area contributed by atoms with Crippen LogP contribution in [0.5, 0.6) is 0 Å². The van der Waals surface area contributed by atoms with Gasteiger partial charge in [0.15, 0.2) is 6.54 Å². The second kappa shape index (κ2) is 5.24. The van der Waals surface area contributed by atoms with E-state index in [1.54, 1.807) is 6.20 Å². The number of aromatic nitrogens is 1. The first-order valence-electron chi connectivity index (χ1n) is 7.63. The van der Waals surface area contributed by atoms with Crippen LogP contribution in [0.4, 0.5) is 5.69 Å². The average Bonchev–Trinajstić information content (AvgIpc) is 3.17. The molecule has 3 aromatic rings. The Kier molecular flexibility index (Phi) is 3.10. The molecule has 108 valence electrons. The molecule has 1 aliphatic heterocycles. The van der Waals surface area contributed by atoms with E-state index in [1.165, 1.54) is 6.42 Å². The standard InChI is InChI=1S/C18H17N3O/c1-2-3-10-20-11-12-21(13-20)16-8-4-6-14-15-7-5-9-19-18(15)22-17(14)16/h4-9,11-12H,2-3,10H2,1H3/q+2. The van der Waals surface area contributed by atoms with Gasteiger partial charge in [0, 0.05) is 29.5 Å². The predicted molar refractivity (Wildman–Crippen MR) is 85.6 cm³/mol. The van der Waals surface area contributed by atoms with Gasteiger partial charge in [-0.3, -0.25) is 0 Å². The molecule has 4 heteroatoms. The van der Waals surface area contributed by atoms with E-state index in [4.69, 9.17) is 4.42 Å². The number of hydrogen-bond acceptors (Lipinski definition) is 2. The van der Waals surface area contributed by atoms with Crippen molar-refractivity contribution in [2.45, 2.75) is 19.8 Å². The lowest BCUT2D eigenvalue weighted by atomic mass is 10.2. The Balaban J connectivity index is 1.90. The first-order valence-corrected chi connectivity index (χ1v) is 7.63. The highest BCUT2D eigenvalue weighted by Gasteiger charge is 2.24. The van der Waals surface area contributed by atoms with Crippen molar-refractivity contribution in [1.29, 1.82) is 0 Å². The van der Waals surface area contributed by atoms with Crippen molar-refractivity contribution >= 4 is 33.8 Å². The van der Waals surface area contributed by atoms with Crippen LogP contribution in [-0.2, 0) is 0 Å². The highest BCUT2D eigenvalue weighted by molar-refractivity contribution is 6.06. The molecule has 4 nitrogen and oxygen atoms in total. The molecule has 0 aliphatic carbocycles. The average molecular weight is 291 g/mol. The highest BCUT2D eigenvalue weighted by Crippen LogP contribution is 2.33. The van der Waals surface area contributed by atoms with Crippen molar-refractivity contribution in [1.82, 2.24) is 4.98 Å². The molecular formula is C18H17N3O+2. The molecule has 0 saturated carbocycles. The van der Waals surface area contributed by atoms with E-state index in [0.717, 1.165) is 35.0 Å². The summed E-state index contributed by atoms with van der Waals surface area (Å²) in [6.07, 6.45) is 8.16. The fraction of sp³-hybridized carbons (Fsp3) is 0.222. The lowest BCUT2D eigenvalue weighted by molar-refractivity contribution is -0.460. The Hall–Kier alpha value is -2.71. The van der Waals surface area contributed by atoms with Crippen molar-refractivity contribution < 1.29 is 13.6 Å². The van der Waals surface area contributed by atoms with Crippen LogP contribution in [0.1, 0.15) is 19.8 Å². The molecule has 2 aromatic heterocycles. The maximum Gasteiger partial charge on any atom is 0.495 e. The molecule has 0 unspecified atom stereocenters. The van der Waals surface area contributed by atoms with Crippen molar-refractivity contribution in [3.8, 4) is 0 Å². The third-order valence-electron chi connectivity index (χ3n) is 3.90. The zero-order chi connectivity index (χ0) is 14.9. The molecule has 1 aromatic carbocycles. The van der Waals surface area contributed by atoms with Gasteiger partial charge in [0.25, 0.3) is 11.9 Å². The summed E-state index contributed by atoms with van der Waals surface area (Å²) in [5.41, 5.74) is 2.52. The second-order valence-corrected chi connectivity index (χ2v) is 5.43. The maximum atomic E-state index is 5.97. The van der Waals surface area contributed by atoms with Gasteiger partial charge >= 0.3 is 6.01 Å². The van der Waals surface area contributed by atoms with Crippen LogP contribution in [0.2, 0.25) is 0 Å². The van der Waals surface area contributed by atoms with E-state index in [-0.39, 0.29) is 0 Å². The fourth-order valence-electron chi connectivity index (χ4n) is 2.75. The summed E-state index contributed by atoms with van der Waals surface area (Å²) in [7, 11) is 0. The normalized spacial score (nSPS) is 13.9. The van der Waals surface area contributed by atoms with Crippen molar-refractivity contribution in [3.63, 3.8) is 0 Å². The molecule has 0 radical (unpaired) electrons. The van der Waals surface area contributed by atoms with Gasteiger partial charge in [-0.1, -0.05) is 28.6 Å². The molecule has 3 heterocycles. The lowest BCUT2D eigenvalue weighted by Gasteiger charge is -1.90. The molecule has 22 heavy (non-hydrogen) atoms. The van der Waals surface area contributed by atoms with Gasteiger partial charge in [0.2, 0.25) is 17.5 Å². The van der Waals surface area contributed by atoms with Crippen molar-refractivity contribution in [2.24, 2.45) is 0 Å². The number of nitrogens with zero attached hydrogens (tertiary/aromatic N) is 3. The van der Waals surface area contributed by atoms with Crippen molar-refractivity contribution in [3.05, 3.63) is 48.9 Å². The van der Waals surface area contributed by atoms with Crippen LogP contribution in [0.3, 0.4) is 0 Å². The van der Waals surface area contributed by atoms with Crippen LogP contribution in [0.25, 0.3) is 22.1 Å². The van der Waals surface area contributed by atoms with Gasteiger partial charge < -0.3 is 4.42 Å². The minimum Gasteiger partial charge on any atom is -0.431 e. The van der Waals surface area contributed by atoms with Gasteiger partial charge in [0.05, 0.1) is 0 Å². The number of unbranched alkanes of at least 4 members (excludes halogenated alkanes) is 1. The Labute approximate surface area is 128 Å². The number of fused-ring (bicyclic) bond motifs is 3. The van der Waals surface area contributed by atoms with E-state index in [1.807, 2.05) is 35.0 Å². The summed E-state index contributed by atoms with van der Waals surface area (Å²) in [6, 6.07) is 13.5. The molecule has 0 amide bonds. The van der Waals surface area contributed by atoms with Crippen LogP contribution in [0, 0.1) is 0 Å². The van der Waals surface area contributed by atoms with E-state index < -0.39 is 0 Å². The van der Waals surface area contributed by atoms with E-state index >= 15 is 0 Å². The molecular weight excluding hydrogens is 274 g/mol. The monoisotopic (exact) mass is 291 g/mol.